The molecule has 2 heterocycles. The number of alkyl halides is 2. The number of halogens is 2. The number of nitrogens with one attached hydrogen (secondary N) is 2. The third kappa shape index (κ3) is 7.25. The Balaban J connectivity index is 1.23. The second-order valence-corrected chi connectivity index (χ2v) is 11.3. The highest BCUT2D eigenvalue weighted by Gasteiger charge is 2.39. The molecule has 0 radical (unpaired) electrons. The van der Waals surface area contributed by atoms with Crippen LogP contribution in [-0.4, -0.2) is 65.0 Å². The number of aromatic nitrogens is 2. The van der Waals surface area contributed by atoms with E-state index in [0.717, 1.165) is 25.7 Å². The van der Waals surface area contributed by atoms with E-state index in [1.165, 1.54) is 26.2 Å². The predicted molar refractivity (Wildman–Crippen MR) is 151 cm³/mol. The van der Waals surface area contributed by atoms with Gasteiger partial charge in [-0.05, 0) is 69.4 Å². The molecule has 2 fully saturated rings. The molecule has 1 aliphatic carbocycles. The Morgan fingerprint density at radius 2 is 1.95 bits per heavy atom. The van der Waals surface area contributed by atoms with Gasteiger partial charge in [0.05, 0.1) is 24.2 Å². The molecule has 2 aromatic rings. The summed E-state index contributed by atoms with van der Waals surface area (Å²) in [6, 6.07) is 4.19. The van der Waals surface area contributed by atoms with Gasteiger partial charge in [-0.15, -0.1) is 0 Å². The van der Waals surface area contributed by atoms with Crippen LogP contribution >= 0.6 is 0 Å². The van der Waals surface area contributed by atoms with Gasteiger partial charge < -0.3 is 24.7 Å². The number of benzene rings is 1. The molecule has 0 spiro atoms. The van der Waals surface area contributed by atoms with E-state index in [1.54, 1.807) is 11.0 Å². The predicted octanol–water partition coefficient (Wildman–Crippen LogP) is 4.69. The summed E-state index contributed by atoms with van der Waals surface area (Å²) in [6.45, 7) is 3.72. The van der Waals surface area contributed by atoms with Gasteiger partial charge in [0.2, 0.25) is 5.91 Å². The number of carbonyl (C=O) groups excluding carboxylic acids is 3. The minimum Gasteiger partial charge on any atom is -0.497 e. The van der Waals surface area contributed by atoms with Crippen molar-refractivity contribution >= 4 is 28.8 Å². The quantitative estimate of drug-likeness (QED) is 0.343. The van der Waals surface area contributed by atoms with E-state index in [2.05, 4.69) is 15.3 Å². The van der Waals surface area contributed by atoms with Gasteiger partial charge in [-0.1, -0.05) is 19.8 Å². The van der Waals surface area contributed by atoms with Crippen LogP contribution in [0.15, 0.2) is 23.0 Å². The maximum Gasteiger partial charge on any atom is 0.407 e. The van der Waals surface area contributed by atoms with Gasteiger partial charge in [0.1, 0.15) is 18.4 Å². The Morgan fingerprint density at radius 1 is 1.17 bits per heavy atom. The molecule has 4 atom stereocenters. The molecule has 42 heavy (non-hydrogen) atoms. The summed E-state index contributed by atoms with van der Waals surface area (Å²) in [5.74, 6) is -3.12. The zero-order chi connectivity index (χ0) is 30.4. The molecule has 1 saturated heterocycles. The van der Waals surface area contributed by atoms with Crippen LogP contribution in [0.4, 0.5) is 13.6 Å². The summed E-state index contributed by atoms with van der Waals surface area (Å²) in [7, 11) is 1.47. The number of fused-ring (bicyclic) bond motifs is 1. The third-order valence-electron chi connectivity index (χ3n) is 8.58. The number of likely N-dealkylation sites (tertiary alicyclic amines) is 1. The molecule has 2 unspecified atom stereocenters. The number of Topliss-reactive ketones (excluding diaryl/α,β-unsaturated/α-hetero) is 1. The van der Waals surface area contributed by atoms with Crippen LogP contribution in [0.25, 0.3) is 11.0 Å². The number of alkyl carbamates (subject to hydrolysis) is 1. The third-order valence-corrected chi connectivity index (χ3v) is 8.58. The van der Waals surface area contributed by atoms with Crippen LogP contribution in [-0.2, 0) is 20.2 Å². The van der Waals surface area contributed by atoms with Crippen molar-refractivity contribution in [1.29, 1.82) is 0 Å². The van der Waals surface area contributed by atoms with Gasteiger partial charge in [-0.3, -0.25) is 14.4 Å². The van der Waals surface area contributed by atoms with Gasteiger partial charge in [0.15, 0.2) is 11.5 Å². The van der Waals surface area contributed by atoms with E-state index in [9.17, 15) is 28.0 Å². The van der Waals surface area contributed by atoms with E-state index in [0.29, 0.717) is 37.1 Å². The van der Waals surface area contributed by atoms with Crippen LogP contribution in [0, 0.1) is 11.8 Å². The molecule has 1 aliphatic heterocycles. The van der Waals surface area contributed by atoms with Crippen LogP contribution in [0.1, 0.15) is 77.3 Å². The van der Waals surface area contributed by atoms with Crippen molar-refractivity contribution in [3.63, 3.8) is 0 Å². The Labute approximate surface area is 243 Å². The molecule has 12 heteroatoms. The molecule has 1 saturated carbocycles. The molecule has 1 aromatic heterocycles. The normalized spacial score (nSPS) is 22.4. The SMILES string of the molecule is CCC1CCN(C(=O)CNC(=O)OC2CCC[C@H]2CCCCC(F)(F)c2nc3ccc(OC)cc3[nH]c2=O)[C@@H]1C(C)=O. The molecular formula is C30H40F2N4O6. The van der Waals surface area contributed by atoms with E-state index in [-0.39, 0.29) is 48.1 Å². The average Bonchev–Trinajstić information content (AvgIpc) is 3.60. The van der Waals surface area contributed by atoms with E-state index >= 15 is 0 Å². The second-order valence-electron chi connectivity index (χ2n) is 11.3. The Hall–Kier alpha value is -3.57. The Kier molecular flexibility index (Phi) is 10.2. The number of ketones is 1. The lowest BCUT2D eigenvalue weighted by Crippen LogP contribution is -2.47. The van der Waals surface area contributed by atoms with Crippen molar-refractivity contribution in [3.8, 4) is 5.75 Å². The zero-order valence-corrected chi connectivity index (χ0v) is 24.4. The summed E-state index contributed by atoms with van der Waals surface area (Å²) in [5.41, 5.74) is -1.16. The largest absolute Gasteiger partial charge is 0.497 e. The molecule has 2 amide bonds. The van der Waals surface area contributed by atoms with Crippen LogP contribution < -0.4 is 15.6 Å². The minimum absolute atomic E-state index is 0.0308. The maximum absolute atomic E-state index is 15.0. The number of methoxy groups -OCH3 is 1. The average molecular weight is 591 g/mol. The maximum atomic E-state index is 15.0. The highest BCUT2D eigenvalue weighted by Crippen LogP contribution is 2.35. The number of ether oxygens (including phenoxy) is 2. The monoisotopic (exact) mass is 590 g/mol. The van der Waals surface area contributed by atoms with Crippen molar-refractivity contribution in [2.45, 2.75) is 89.7 Å². The highest BCUT2D eigenvalue weighted by atomic mass is 19.3. The summed E-state index contributed by atoms with van der Waals surface area (Å²) in [6.07, 6.45) is 3.56. The van der Waals surface area contributed by atoms with E-state index in [1.807, 2.05) is 6.92 Å². The molecular weight excluding hydrogens is 550 g/mol. The number of carbonyl (C=O) groups is 3. The van der Waals surface area contributed by atoms with Gasteiger partial charge in [-0.2, -0.15) is 8.78 Å². The van der Waals surface area contributed by atoms with Crippen LogP contribution in [0.3, 0.4) is 0 Å². The van der Waals surface area contributed by atoms with Crippen LogP contribution in [0.2, 0.25) is 0 Å². The minimum atomic E-state index is -3.40. The van der Waals surface area contributed by atoms with Crippen molar-refractivity contribution in [1.82, 2.24) is 20.2 Å². The lowest BCUT2D eigenvalue weighted by molar-refractivity contribution is -0.137. The fourth-order valence-corrected chi connectivity index (χ4v) is 6.34. The van der Waals surface area contributed by atoms with Crippen molar-refractivity contribution in [2.24, 2.45) is 11.8 Å². The highest BCUT2D eigenvalue weighted by molar-refractivity contribution is 5.90. The molecule has 0 bridgehead atoms. The number of hydrogen-bond acceptors (Lipinski definition) is 7. The first-order valence-electron chi connectivity index (χ1n) is 14.7. The van der Waals surface area contributed by atoms with Gasteiger partial charge in [0, 0.05) is 19.0 Å². The number of hydrogen-bond donors (Lipinski definition) is 2. The number of H-pyrrole nitrogens is 1. The van der Waals surface area contributed by atoms with E-state index in [4.69, 9.17) is 9.47 Å². The van der Waals surface area contributed by atoms with Crippen molar-refractivity contribution in [2.75, 3.05) is 20.2 Å². The zero-order valence-electron chi connectivity index (χ0n) is 24.4. The lowest BCUT2D eigenvalue weighted by atomic mass is 9.95. The van der Waals surface area contributed by atoms with Crippen molar-refractivity contribution < 1.29 is 32.6 Å². The van der Waals surface area contributed by atoms with Gasteiger partial charge >= 0.3 is 6.09 Å². The molecule has 230 valence electrons. The number of unbranched alkanes of at least 4 members (excludes halogenated alkanes) is 1. The first kappa shape index (κ1) is 31.4. The second kappa shape index (κ2) is 13.6. The lowest BCUT2D eigenvalue weighted by Gasteiger charge is -2.26. The summed E-state index contributed by atoms with van der Waals surface area (Å²) < 4.78 is 40.6. The summed E-state index contributed by atoms with van der Waals surface area (Å²) in [4.78, 5) is 57.6. The molecule has 1 aromatic carbocycles. The van der Waals surface area contributed by atoms with Crippen molar-refractivity contribution in [3.05, 3.63) is 34.2 Å². The smallest absolute Gasteiger partial charge is 0.407 e. The first-order valence-corrected chi connectivity index (χ1v) is 14.7. The number of amides is 2. The first-order chi connectivity index (χ1) is 20.0. The fourth-order valence-electron chi connectivity index (χ4n) is 6.34. The Morgan fingerprint density at radius 3 is 2.67 bits per heavy atom. The molecule has 2 aliphatic rings. The summed E-state index contributed by atoms with van der Waals surface area (Å²) >= 11 is 0. The molecule has 4 rings (SSSR count). The number of rotatable bonds is 12. The van der Waals surface area contributed by atoms with Crippen LogP contribution in [0.5, 0.6) is 5.75 Å². The molecule has 10 nitrogen and oxygen atoms in total. The number of aromatic amines is 1. The van der Waals surface area contributed by atoms with E-state index < -0.39 is 35.7 Å². The standard InChI is InChI=1S/C30H40F2N4O6/c1-4-19-13-15-36(26(19)18(2)37)25(38)17-33-29(40)42-24-10-7-9-20(24)8-5-6-14-30(31,32)27-28(39)35-23-16-21(41-3)11-12-22(23)34-27/h11-12,16,19-20,24,26H,4-10,13-15,17H2,1-3H3,(H,33,40)(H,35,39)/t19?,20-,24?,26-/m1/s1. The van der Waals surface area contributed by atoms with Gasteiger partial charge in [-0.25, -0.2) is 9.78 Å². The topological polar surface area (TPSA) is 131 Å². The molecule has 2 N–H and O–H groups in total. The Bertz CT molecular complexity index is 1350. The summed E-state index contributed by atoms with van der Waals surface area (Å²) in [5, 5.41) is 2.52. The number of nitrogens with zero attached hydrogens (tertiary/aromatic N) is 2. The fraction of sp³-hybridized carbons (Fsp3) is 0.633. The van der Waals surface area contributed by atoms with Gasteiger partial charge in [0.25, 0.3) is 11.5 Å².